The lowest BCUT2D eigenvalue weighted by Gasteiger charge is -2.02. The molecule has 1 aromatic rings. The minimum Gasteiger partial charge on any atom is -0.426 e. The molecule has 7 heteroatoms. The van der Waals surface area contributed by atoms with E-state index in [9.17, 15) is 8.42 Å². The molecule has 0 radical (unpaired) electrons. The molecule has 76 valence electrons. The van der Waals surface area contributed by atoms with Crippen LogP contribution < -0.4 is 15.6 Å². The molecule has 0 bridgehead atoms. The number of nitrogens with zero attached hydrogens (tertiary/aromatic N) is 1. The zero-order valence-corrected chi connectivity index (χ0v) is 7.94. The first-order valence-electron chi connectivity index (χ1n) is 3.58. The van der Waals surface area contributed by atoms with Crippen molar-refractivity contribution in [3.8, 4) is 5.75 Å². The Morgan fingerprint density at radius 3 is 2.36 bits per heavy atom. The molecule has 0 aliphatic heterocycles. The van der Waals surface area contributed by atoms with E-state index >= 15 is 0 Å². The molecular formula is C7H9N3O3S. The molecule has 4 N–H and O–H groups in total. The average molecular weight is 215 g/mol. The van der Waals surface area contributed by atoms with Gasteiger partial charge in [0.2, 0.25) is 0 Å². The summed E-state index contributed by atoms with van der Waals surface area (Å²) in [6, 6.07) is 7.88. The van der Waals surface area contributed by atoms with Crippen LogP contribution in [0.1, 0.15) is 0 Å². The molecule has 0 saturated heterocycles. The van der Waals surface area contributed by atoms with Crippen LogP contribution in [0.5, 0.6) is 5.75 Å². The minimum atomic E-state index is -4.01. The number of hydrogen-bond acceptors (Lipinski definition) is 3. The fourth-order valence-corrected chi connectivity index (χ4v) is 1.04. The standard InChI is InChI=1S/C7H9N3O3S/c8-7(10-14(9,11)12)13-6-4-2-1-3-5-6/h1-5H,(H2,8,10)(H2,9,11,12). The molecule has 0 aliphatic carbocycles. The third-order valence-corrected chi connectivity index (χ3v) is 1.62. The van der Waals surface area contributed by atoms with Crippen molar-refractivity contribution in [2.75, 3.05) is 0 Å². The van der Waals surface area contributed by atoms with Gasteiger partial charge in [-0.2, -0.15) is 8.42 Å². The van der Waals surface area contributed by atoms with Crippen molar-refractivity contribution in [3.05, 3.63) is 30.3 Å². The summed E-state index contributed by atoms with van der Waals surface area (Å²) in [7, 11) is -4.01. The number of benzene rings is 1. The van der Waals surface area contributed by atoms with Gasteiger partial charge in [0.1, 0.15) is 5.75 Å². The van der Waals surface area contributed by atoms with Crippen LogP contribution in [0.3, 0.4) is 0 Å². The second-order valence-corrected chi connectivity index (χ2v) is 3.57. The molecule has 6 nitrogen and oxygen atoms in total. The molecule has 0 atom stereocenters. The van der Waals surface area contributed by atoms with E-state index in [2.05, 4.69) is 9.54 Å². The molecule has 0 spiro atoms. The van der Waals surface area contributed by atoms with E-state index in [4.69, 9.17) is 10.5 Å². The maximum atomic E-state index is 10.5. The van der Waals surface area contributed by atoms with Crippen LogP contribution in [0.4, 0.5) is 0 Å². The van der Waals surface area contributed by atoms with Crippen LogP contribution in [0.25, 0.3) is 0 Å². The quantitative estimate of drug-likeness (QED) is 0.516. The summed E-state index contributed by atoms with van der Waals surface area (Å²) in [5.41, 5.74) is 5.16. The zero-order valence-electron chi connectivity index (χ0n) is 7.12. The van der Waals surface area contributed by atoms with E-state index < -0.39 is 16.2 Å². The summed E-state index contributed by atoms with van der Waals surface area (Å²) in [6.07, 6.45) is 0. The molecule has 0 aromatic heterocycles. The Kier molecular flexibility index (Phi) is 3.05. The highest BCUT2D eigenvalue weighted by Crippen LogP contribution is 2.07. The Morgan fingerprint density at radius 2 is 1.86 bits per heavy atom. The summed E-state index contributed by atoms with van der Waals surface area (Å²) >= 11 is 0. The van der Waals surface area contributed by atoms with Crippen LogP contribution in [-0.2, 0) is 10.2 Å². The second-order valence-electron chi connectivity index (χ2n) is 2.36. The highest BCUT2D eigenvalue weighted by atomic mass is 32.2. The zero-order chi connectivity index (χ0) is 10.6. The van der Waals surface area contributed by atoms with Crippen LogP contribution in [-0.4, -0.2) is 14.4 Å². The van der Waals surface area contributed by atoms with Crippen molar-refractivity contribution in [3.63, 3.8) is 0 Å². The van der Waals surface area contributed by atoms with Crippen LogP contribution in [0.15, 0.2) is 34.7 Å². The average Bonchev–Trinajstić information content (AvgIpc) is 2.02. The summed E-state index contributed by atoms with van der Waals surface area (Å²) < 4.78 is 28.7. The predicted octanol–water partition coefficient (Wildman–Crippen LogP) is -0.416. The fraction of sp³-hybridized carbons (Fsp3) is 0. The van der Waals surface area contributed by atoms with Gasteiger partial charge in [0.25, 0.3) is 0 Å². The van der Waals surface area contributed by atoms with Crippen molar-refractivity contribution in [1.29, 1.82) is 0 Å². The van der Waals surface area contributed by atoms with E-state index in [0.717, 1.165) is 0 Å². The number of hydrogen-bond donors (Lipinski definition) is 2. The van der Waals surface area contributed by atoms with Gasteiger partial charge in [0.05, 0.1) is 0 Å². The molecule has 0 fully saturated rings. The van der Waals surface area contributed by atoms with Crippen molar-refractivity contribution >= 4 is 16.2 Å². The first-order chi connectivity index (χ1) is 6.47. The van der Waals surface area contributed by atoms with Gasteiger partial charge in [-0.25, -0.2) is 5.14 Å². The first-order valence-corrected chi connectivity index (χ1v) is 5.09. The fourth-order valence-electron chi connectivity index (χ4n) is 0.753. The lowest BCUT2D eigenvalue weighted by molar-refractivity contribution is 0.541. The lowest BCUT2D eigenvalue weighted by Crippen LogP contribution is -2.23. The molecule has 0 saturated carbocycles. The minimum absolute atomic E-state index is 0.386. The molecule has 0 heterocycles. The third kappa shape index (κ3) is 3.87. The molecule has 0 amide bonds. The Balaban J connectivity index is 2.77. The number of amidine groups is 1. The van der Waals surface area contributed by atoms with Gasteiger partial charge < -0.3 is 10.5 Å². The SMILES string of the molecule is N/C(=N\S(N)(=O)=O)Oc1ccccc1. The van der Waals surface area contributed by atoms with Crippen molar-refractivity contribution in [1.82, 2.24) is 0 Å². The van der Waals surface area contributed by atoms with Gasteiger partial charge in [0, 0.05) is 0 Å². The molecule has 0 unspecified atom stereocenters. The monoisotopic (exact) mass is 215 g/mol. The highest BCUT2D eigenvalue weighted by molar-refractivity contribution is 7.87. The van der Waals surface area contributed by atoms with Crippen LogP contribution >= 0.6 is 0 Å². The van der Waals surface area contributed by atoms with E-state index in [1.807, 2.05) is 0 Å². The Hall–Kier alpha value is -1.60. The molecule has 14 heavy (non-hydrogen) atoms. The van der Waals surface area contributed by atoms with Crippen molar-refractivity contribution < 1.29 is 13.2 Å². The molecule has 1 aromatic carbocycles. The lowest BCUT2D eigenvalue weighted by atomic mass is 10.3. The van der Waals surface area contributed by atoms with E-state index in [-0.39, 0.29) is 0 Å². The Morgan fingerprint density at radius 1 is 1.29 bits per heavy atom. The molecule has 1 rings (SSSR count). The van der Waals surface area contributed by atoms with E-state index in [0.29, 0.717) is 5.75 Å². The molecular weight excluding hydrogens is 206 g/mol. The predicted molar refractivity (Wildman–Crippen MR) is 51.8 cm³/mol. The van der Waals surface area contributed by atoms with E-state index in [1.165, 1.54) is 0 Å². The van der Waals surface area contributed by atoms with Gasteiger partial charge in [0.15, 0.2) is 0 Å². The normalized spacial score (nSPS) is 12.5. The Bertz CT molecular complexity index is 427. The maximum Gasteiger partial charge on any atom is 0.321 e. The highest BCUT2D eigenvalue weighted by Gasteiger charge is 2.02. The van der Waals surface area contributed by atoms with Gasteiger partial charge in [-0.05, 0) is 12.1 Å². The number of rotatable bonds is 2. The summed E-state index contributed by atoms with van der Waals surface area (Å²) in [6.45, 7) is 0. The topological polar surface area (TPSA) is 108 Å². The summed E-state index contributed by atoms with van der Waals surface area (Å²) in [5.74, 6) is 0.386. The van der Waals surface area contributed by atoms with Gasteiger partial charge in [-0.3, -0.25) is 0 Å². The summed E-state index contributed by atoms with van der Waals surface area (Å²) in [5, 5.41) is 4.61. The summed E-state index contributed by atoms with van der Waals surface area (Å²) in [4.78, 5) is 0. The van der Waals surface area contributed by atoms with Crippen LogP contribution in [0.2, 0.25) is 0 Å². The van der Waals surface area contributed by atoms with Crippen LogP contribution in [0, 0.1) is 0 Å². The maximum absolute atomic E-state index is 10.5. The Labute approximate surface area is 81.4 Å². The van der Waals surface area contributed by atoms with Crippen molar-refractivity contribution in [2.45, 2.75) is 0 Å². The van der Waals surface area contributed by atoms with E-state index in [1.54, 1.807) is 30.3 Å². The number of ether oxygens (including phenoxy) is 1. The smallest absolute Gasteiger partial charge is 0.321 e. The molecule has 0 aliphatic rings. The number of para-hydroxylation sites is 1. The largest absolute Gasteiger partial charge is 0.426 e. The second kappa shape index (κ2) is 4.07. The third-order valence-electron chi connectivity index (χ3n) is 1.18. The first kappa shape index (κ1) is 10.5. The van der Waals surface area contributed by atoms with Gasteiger partial charge >= 0.3 is 16.2 Å². The number of nitrogens with two attached hydrogens (primary N) is 2. The van der Waals surface area contributed by atoms with Gasteiger partial charge in [-0.1, -0.05) is 22.6 Å². The van der Waals surface area contributed by atoms with Gasteiger partial charge in [-0.15, -0.1) is 0 Å². The van der Waals surface area contributed by atoms with Crippen molar-refractivity contribution in [2.24, 2.45) is 15.3 Å².